The topological polar surface area (TPSA) is 6.48 Å². The van der Waals surface area contributed by atoms with Crippen molar-refractivity contribution in [2.24, 2.45) is 0 Å². The van der Waals surface area contributed by atoms with Crippen LogP contribution in [-0.2, 0) is 16.2 Å². The van der Waals surface area contributed by atoms with Gasteiger partial charge in [0.15, 0.2) is 0 Å². The van der Waals surface area contributed by atoms with Crippen LogP contribution >= 0.6 is 0 Å². The summed E-state index contributed by atoms with van der Waals surface area (Å²) in [5, 5.41) is 4.77. The number of hydrogen-bond acceptors (Lipinski definition) is 2. The van der Waals surface area contributed by atoms with Crippen LogP contribution in [0.4, 0.5) is 34.1 Å². The van der Waals surface area contributed by atoms with Crippen LogP contribution in [0.15, 0.2) is 352 Å². The smallest absolute Gasteiger partial charge is 0.0748 e. The predicted octanol–water partition coefficient (Wildman–Crippen LogP) is 23.6. The summed E-state index contributed by atoms with van der Waals surface area (Å²) in [5.74, 6) is 0. The molecule has 0 unspecified atom stereocenters. The first-order chi connectivity index (χ1) is 46.0. The quantitative estimate of drug-likeness (QED) is 0.133. The van der Waals surface area contributed by atoms with Crippen molar-refractivity contribution in [2.75, 3.05) is 9.80 Å². The summed E-state index contributed by atoms with van der Waals surface area (Å²) in [7, 11) is 0. The number of fused-ring (bicyclic) bond motifs is 9. The molecule has 0 saturated carbocycles. The lowest BCUT2D eigenvalue weighted by molar-refractivity contribution is 0.660. The van der Waals surface area contributed by atoms with Crippen LogP contribution in [0, 0.1) is 0 Å². The van der Waals surface area contributed by atoms with Crippen molar-refractivity contribution in [1.82, 2.24) is 0 Å². The third kappa shape index (κ3) is 7.82. The summed E-state index contributed by atoms with van der Waals surface area (Å²) in [4.78, 5) is 5.02. The lowest BCUT2D eigenvalue weighted by atomic mass is 9.60. The molecular weight excluding hydrogens is 1120 g/mol. The van der Waals surface area contributed by atoms with Crippen molar-refractivity contribution >= 4 is 55.7 Å². The van der Waals surface area contributed by atoms with E-state index in [0.717, 1.165) is 34.1 Å². The highest BCUT2D eigenvalue weighted by Gasteiger charge is 2.50. The molecule has 0 aromatic heterocycles. The van der Waals surface area contributed by atoms with E-state index in [2.05, 4.69) is 375 Å². The van der Waals surface area contributed by atoms with Crippen LogP contribution in [0.3, 0.4) is 0 Å². The minimum absolute atomic E-state index is 0.219. The Hall–Kier alpha value is -11.6. The SMILES string of the molecule is CC1(C)c2ccccc2-c2c(-c3c4cccc(-c5cccc6c5C(c5ccccc5)(c5ccccc5)c5ccccc5N6c5ccccc5)c4cc4c(-c5cccc6c5C(c5ccccc5)(c5ccccc5)c5ccccc5N6c5ccccc5)cccc34)cccc21. The van der Waals surface area contributed by atoms with Gasteiger partial charge in [0.05, 0.1) is 33.6 Å². The minimum atomic E-state index is -0.763. The Morgan fingerprint density at radius 1 is 0.215 bits per heavy atom. The molecule has 0 fully saturated rings. The molecule has 0 atom stereocenters. The number of nitrogens with zero attached hydrogens (tertiary/aromatic N) is 2. The summed E-state index contributed by atoms with van der Waals surface area (Å²) in [6.45, 7) is 4.81. The van der Waals surface area contributed by atoms with Gasteiger partial charge in [0, 0.05) is 27.9 Å². The van der Waals surface area contributed by atoms with E-state index in [1.165, 1.54) is 122 Å². The molecule has 438 valence electrons. The molecular formula is C91H64N2. The molecule has 2 aliphatic heterocycles. The van der Waals surface area contributed by atoms with Gasteiger partial charge in [-0.05, 0) is 165 Å². The number of rotatable bonds is 9. The third-order valence-corrected chi connectivity index (χ3v) is 20.8. The Labute approximate surface area is 544 Å². The van der Waals surface area contributed by atoms with Gasteiger partial charge in [0.1, 0.15) is 0 Å². The van der Waals surface area contributed by atoms with E-state index in [4.69, 9.17) is 0 Å². The summed E-state index contributed by atoms with van der Waals surface area (Å²) < 4.78 is 0. The molecule has 93 heavy (non-hydrogen) atoms. The highest BCUT2D eigenvalue weighted by Crippen LogP contribution is 2.64. The van der Waals surface area contributed by atoms with E-state index in [-0.39, 0.29) is 5.41 Å². The molecule has 3 aliphatic rings. The highest BCUT2D eigenvalue weighted by atomic mass is 15.2. The average Bonchev–Trinajstić information content (AvgIpc) is 1.39. The summed E-state index contributed by atoms with van der Waals surface area (Å²) in [5.41, 5.74) is 27.3. The lowest BCUT2D eigenvalue weighted by Gasteiger charge is -2.47. The van der Waals surface area contributed by atoms with Gasteiger partial charge in [0.25, 0.3) is 0 Å². The van der Waals surface area contributed by atoms with Gasteiger partial charge >= 0.3 is 0 Å². The van der Waals surface area contributed by atoms with Crippen molar-refractivity contribution in [1.29, 1.82) is 0 Å². The van der Waals surface area contributed by atoms with Gasteiger partial charge < -0.3 is 9.80 Å². The first-order valence-electron chi connectivity index (χ1n) is 32.6. The Morgan fingerprint density at radius 2 is 0.527 bits per heavy atom. The third-order valence-electron chi connectivity index (χ3n) is 20.8. The van der Waals surface area contributed by atoms with Gasteiger partial charge in [-0.25, -0.2) is 0 Å². The minimum Gasteiger partial charge on any atom is -0.310 e. The zero-order chi connectivity index (χ0) is 61.8. The van der Waals surface area contributed by atoms with Crippen LogP contribution in [0.5, 0.6) is 0 Å². The Kier molecular flexibility index (Phi) is 12.4. The van der Waals surface area contributed by atoms with E-state index in [1.807, 2.05) is 0 Å². The molecule has 2 heterocycles. The van der Waals surface area contributed by atoms with Crippen molar-refractivity contribution in [3.05, 3.63) is 407 Å². The fraction of sp³-hybridized carbons (Fsp3) is 0.0549. The fourth-order valence-corrected chi connectivity index (χ4v) is 17.1. The van der Waals surface area contributed by atoms with Crippen LogP contribution < -0.4 is 9.80 Å². The first-order valence-corrected chi connectivity index (χ1v) is 32.6. The van der Waals surface area contributed by atoms with Gasteiger partial charge in [-0.2, -0.15) is 0 Å². The van der Waals surface area contributed by atoms with E-state index >= 15 is 0 Å². The molecule has 2 nitrogen and oxygen atoms in total. The average molecular weight is 1190 g/mol. The van der Waals surface area contributed by atoms with Crippen molar-refractivity contribution in [3.63, 3.8) is 0 Å². The zero-order valence-corrected chi connectivity index (χ0v) is 51.9. The van der Waals surface area contributed by atoms with Crippen LogP contribution in [-0.4, -0.2) is 0 Å². The van der Waals surface area contributed by atoms with Gasteiger partial charge in [-0.15, -0.1) is 0 Å². The maximum atomic E-state index is 2.58. The molecule has 0 radical (unpaired) electrons. The van der Waals surface area contributed by atoms with Crippen molar-refractivity contribution in [2.45, 2.75) is 30.1 Å². The summed E-state index contributed by atoms with van der Waals surface area (Å²) in [6.07, 6.45) is 0. The molecule has 15 aromatic rings. The Bertz CT molecular complexity index is 5040. The second kappa shape index (κ2) is 21.3. The van der Waals surface area contributed by atoms with Gasteiger partial charge in [0.2, 0.25) is 0 Å². The lowest BCUT2D eigenvalue weighted by Crippen LogP contribution is -2.38. The molecule has 1 aliphatic carbocycles. The zero-order valence-electron chi connectivity index (χ0n) is 51.9. The molecule has 2 heteroatoms. The predicted molar refractivity (Wildman–Crippen MR) is 388 cm³/mol. The maximum absolute atomic E-state index is 2.58. The van der Waals surface area contributed by atoms with Crippen molar-refractivity contribution in [3.8, 4) is 44.5 Å². The number of para-hydroxylation sites is 4. The highest BCUT2D eigenvalue weighted by molar-refractivity contribution is 6.21. The second-order valence-corrected chi connectivity index (χ2v) is 25.7. The van der Waals surface area contributed by atoms with E-state index in [1.54, 1.807) is 0 Å². The van der Waals surface area contributed by atoms with E-state index in [9.17, 15) is 0 Å². The molecule has 15 aromatic carbocycles. The first kappa shape index (κ1) is 54.4. The molecule has 0 bridgehead atoms. The molecule has 0 amide bonds. The normalized spacial score (nSPS) is 14.3. The van der Waals surface area contributed by atoms with Crippen LogP contribution in [0.1, 0.15) is 69.5 Å². The second-order valence-electron chi connectivity index (χ2n) is 25.7. The number of anilines is 6. The maximum Gasteiger partial charge on any atom is 0.0748 e. The van der Waals surface area contributed by atoms with E-state index < -0.39 is 10.8 Å². The molecule has 0 N–H and O–H groups in total. The Balaban J connectivity index is 1.01. The van der Waals surface area contributed by atoms with Gasteiger partial charge in [-0.1, -0.05) is 311 Å². The fourth-order valence-electron chi connectivity index (χ4n) is 17.1. The summed E-state index contributed by atoms with van der Waals surface area (Å²) >= 11 is 0. The monoisotopic (exact) mass is 1180 g/mol. The largest absolute Gasteiger partial charge is 0.310 e. The molecule has 18 rings (SSSR count). The number of benzene rings is 15. The van der Waals surface area contributed by atoms with E-state index in [0.29, 0.717) is 0 Å². The molecule has 0 saturated heterocycles. The van der Waals surface area contributed by atoms with Gasteiger partial charge in [-0.3, -0.25) is 0 Å². The van der Waals surface area contributed by atoms with Crippen LogP contribution in [0.2, 0.25) is 0 Å². The standard InChI is InChI=1S/C91H64N2/c1-89(2)77-52-22-21-44-73(77)86-74(51-29-55-80(86)89)85-69-47-27-45-67(71-49-30-58-83-87(71)90(61-32-9-3-10-33-61,62-34-11-4-12-35-62)78-53-23-25-56-81(78)92(83)65-40-17-7-18-41-65)75(69)60-76-68(46-28-48-70(76)85)72-50-31-59-84-88(72)91(63-36-13-5-14-37-63,64-38-15-6-16-39-64)79-54-24-26-57-82(79)93(84)66-42-19-8-20-43-66/h3-60H,1-2H3. The summed E-state index contributed by atoms with van der Waals surface area (Å²) in [6, 6.07) is 133. The van der Waals surface area contributed by atoms with Crippen LogP contribution in [0.25, 0.3) is 66.1 Å². The molecule has 0 spiro atoms. The van der Waals surface area contributed by atoms with Crippen molar-refractivity contribution < 1.29 is 0 Å². The Morgan fingerprint density at radius 3 is 0.968 bits per heavy atom. The number of hydrogen-bond donors (Lipinski definition) is 0.